The van der Waals surface area contributed by atoms with E-state index in [9.17, 15) is 19.5 Å². The molecule has 1 unspecified atom stereocenters. The lowest BCUT2D eigenvalue weighted by Gasteiger charge is -2.41. The number of carbonyl (C=O) groups excluding carboxylic acids is 4. The summed E-state index contributed by atoms with van der Waals surface area (Å²) in [4.78, 5) is 59.9. The van der Waals surface area contributed by atoms with Crippen LogP contribution in [0.2, 0.25) is 0 Å². The standard InChI is InChI=1S/C40H50BrN3O7/c1-7-10-19-31(46)42-22-30(27-17-12-11-13-18-27)50-39(49)32-33-37(47)44(29(23-45)24(4)9-3)36(40(33)21-28(41)35(32)51-40)38(48)43(20-8-2)34-25(5)15-14-16-26(34)6/h7-8,11-18,24,28-30,32-33,35-36,45H,1-2,9-10,19-23H2,3-6H3,(H,42,46)/t24-,28?,29-,30-,32+,33-,35+,36+,40-/m0/s1. The number of carbonyl (C=O) groups is 4. The molecule has 2 bridgehead atoms. The summed E-state index contributed by atoms with van der Waals surface area (Å²) in [5.41, 5.74) is 1.81. The minimum Gasteiger partial charge on any atom is -0.455 e. The molecule has 0 aliphatic carbocycles. The van der Waals surface area contributed by atoms with Gasteiger partial charge in [0.25, 0.3) is 5.91 Å². The summed E-state index contributed by atoms with van der Waals surface area (Å²) < 4.78 is 13.0. The third-order valence-corrected chi connectivity index (χ3v) is 11.7. The van der Waals surface area contributed by atoms with Crippen molar-refractivity contribution in [3.63, 3.8) is 0 Å². The van der Waals surface area contributed by atoms with Crippen LogP contribution in [-0.4, -0.2) is 82.0 Å². The summed E-state index contributed by atoms with van der Waals surface area (Å²) in [6.07, 6.45) is 3.45. The molecule has 274 valence electrons. The molecule has 2 aromatic rings. The summed E-state index contributed by atoms with van der Waals surface area (Å²) in [6, 6.07) is 13.1. The zero-order valence-corrected chi connectivity index (χ0v) is 31.5. The van der Waals surface area contributed by atoms with E-state index in [2.05, 4.69) is 34.4 Å². The van der Waals surface area contributed by atoms with Gasteiger partial charge < -0.3 is 29.7 Å². The largest absolute Gasteiger partial charge is 0.455 e. The van der Waals surface area contributed by atoms with E-state index in [1.165, 1.54) is 4.90 Å². The Morgan fingerprint density at radius 1 is 1.14 bits per heavy atom. The Morgan fingerprint density at radius 2 is 1.82 bits per heavy atom. The topological polar surface area (TPSA) is 125 Å². The number of aliphatic hydroxyl groups is 1. The summed E-state index contributed by atoms with van der Waals surface area (Å²) >= 11 is 3.75. The van der Waals surface area contributed by atoms with E-state index in [0.717, 1.165) is 16.8 Å². The third kappa shape index (κ3) is 7.17. The molecule has 11 heteroatoms. The van der Waals surface area contributed by atoms with Crippen molar-refractivity contribution < 1.29 is 33.8 Å². The number of aliphatic hydroxyl groups excluding tert-OH is 1. The molecule has 3 heterocycles. The smallest absolute Gasteiger partial charge is 0.313 e. The van der Waals surface area contributed by atoms with Crippen molar-refractivity contribution in [3.05, 3.63) is 90.5 Å². The van der Waals surface area contributed by atoms with Crippen LogP contribution in [0.1, 0.15) is 62.3 Å². The van der Waals surface area contributed by atoms with Gasteiger partial charge in [-0.3, -0.25) is 19.2 Å². The van der Waals surface area contributed by atoms with Crippen LogP contribution < -0.4 is 10.2 Å². The number of esters is 1. The number of ether oxygens (including phenoxy) is 2. The highest BCUT2D eigenvalue weighted by Gasteiger charge is 2.78. The summed E-state index contributed by atoms with van der Waals surface area (Å²) in [5, 5.41) is 13.7. The van der Waals surface area contributed by atoms with Crippen LogP contribution in [0.3, 0.4) is 0 Å². The number of rotatable bonds is 16. The van der Waals surface area contributed by atoms with Crippen molar-refractivity contribution in [2.24, 2.45) is 17.8 Å². The number of alkyl halides is 1. The van der Waals surface area contributed by atoms with Gasteiger partial charge in [-0.15, -0.1) is 13.2 Å². The molecule has 3 aliphatic rings. The highest BCUT2D eigenvalue weighted by atomic mass is 79.9. The maximum atomic E-state index is 15.2. The van der Waals surface area contributed by atoms with E-state index >= 15 is 4.79 Å². The van der Waals surface area contributed by atoms with Crippen molar-refractivity contribution in [2.75, 3.05) is 24.6 Å². The first-order chi connectivity index (χ1) is 24.4. The zero-order chi connectivity index (χ0) is 37.0. The number of allylic oxidation sites excluding steroid dienone is 1. The van der Waals surface area contributed by atoms with Gasteiger partial charge in [-0.05, 0) is 49.3 Å². The number of aryl methyl sites for hydroxylation is 2. The number of fused-ring (bicyclic) bond motifs is 1. The number of nitrogens with zero attached hydrogens (tertiary/aromatic N) is 2. The fourth-order valence-corrected chi connectivity index (χ4v) is 9.17. The number of likely N-dealkylation sites (tertiary alicyclic amines) is 1. The summed E-state index contributed by atoms with van der Waals surface area (Å²) in [6.45, 7) is 15.2. The highest BCUT2D eigenvalue weighted by molar-refractivity contribution is 9.09. The highest BCUT2D eigenvalue weighted by Crippen LogP contribution is 2.61. The van der Waals surface area contributed by atoms with Crippen LogP contribution in [0.25, 0.3) is 0 Å². The number of amides is 3. The fraction of sp³-hybridized carbons (Fsp3) is 0.500. The molecule has 2 aromatic carbocycles. The Bertz CT molecular complexity index is 1610. The molecule has 0 saturated carbocycles. The van der Waals surface area contributed by atoms with Crippen LogP contribution in [-0.2, 0) is 28.7 Å². The summed E-state index contributed by atoms with van der Waals surface area (Å²) in [7, 11) is 0. The quantitative estimate of drug-likeness (QED) is 0.134. The lowest BCUT2D eigenvalue weighted by molar-refractivity contribution is -0.161. The maximum Gasteiger partial charge on any atom is 0.313 e. The van der Waals surface area contributed by atoms with Crippen LogP contribution in [0.15, 0.2) is 73.8 Å². The van der Waals surface area contributed by atoms with Gasteiger partial charge in [0.1, 0.15) is 17.7 Å². The molecule has 3 amide bonds. The van der Waals surface area contributed by atoms with Gasteiger partial charge in [-0.25, -0.2) is 0 Å². The number of anilines is 1. The second kappa shape index (κ2) is 16.3. The molecule has 3 saturated heterocycles. The zero-order valence-electron chi connectivity index (χ0n) is 29.9. The second-order valence-electron chi connectivity index (χ2n) is 14.0. The summed E-state index contributed by atoms with van der Waals surface area (Å²) in [5.74, 6) is -3.85. The first-order valence-corrected chi connectivity index (χ1v) is 18.7. The Labute approximate surface area is 309 Å². The van der Waals surface area contributed by atoms with E-state index in [4.69, 9.17) is 9.47 Å². The normalized spacial score (nSPS) is 26.6. The van der Waals surface area contributed by atoms with E-state index < -0.39 is 53.6 Å². The molecule has 0 aromatic heterocycles. The first kappa shape index (κ1) is 38.4. The van der Waals surface area contributed by atoms with E-state index in [0.29, 0.717) is 24.8 Å². The maximum absolute atomic E-state index is 15.2. The van der Waals surface area contributed by atoms with E-state index in [1.54, 1.807) is 17.1 Å². The Kier molecular flexibility index (Phi) is 12.2. The molecule has 5 rings (SSSR count). The molecule has 0 radical (unpaired) electrons. The minimum absolute atomic E-state index is 0.0333. The molecule has 9 atom stereocenters. The lowest BCUT2D eigenvalue weighted by Crippen LogP contribution is -2.60. The van der Waals surface area contributed by atoms with Crippen molar-refractivity contribution in [1.82, 2.24) is 10.2 Å². The Morgan fingerprint density at radius 3 is 2.43 bits per heavy atom. The van der Waals surface area contributed by atoms with Gasteiger partial charge in [0.05, 0.1) is 37.1 Å². The number of benzene rings is 2. The molecular formula is C40H50BrN3O7. The third-order valence-electron chi connectivity index (χ3n) is 10.9. The van der Waals surface area contributed by atoms with Crippen molar-refractivity contribution in [2.45, 2.75) is 88.1 Å². The second-order valence-corrected chi connectivity index (χ2v) is 15.2. The van der Waals surface area contributed by atoms with Crippen molar-refractivity contribution in [3.8, 4) is 0 Å². The average molecular weight is 765 g/mol. The van der Waals surface area contributed by atoms with Gasteiger partial charge in [-0.2, -0.15) is 0 Å². The monoisotopic (exact) mass is 763 g/mol. The number of nitrogens with one attached hydrogen (secondary N) is 1. The number of hydrogen-bond donors (Lipinski definition) is 2. The SMILES string of the molecule is C=CCCC(=O)NC[C@H](OC(=O)[C@H]1[C@@H]2O[C@@]3(CC2Br)[C@@H]1C(=O)N([C@@H](CO)[C@@H](C)CC)[C@@H]3C(=O)N(CC=C)c1c(C)cccc1C)c1ccccc1. The first-order valence-electron chi connectivity index (χ1n) is 17.8. The van der Waals surface area contributed by atoms with Gasteiger partial charge in [0.2, 0.25) is 11.8 Å². The number of hydrogen-bond acceptors (Lipinski definition) is 7. The predicted molar refractivity (Wildman–Crippen MR) is 199 cm³/mol. The fourth-order valence-electron chi connectivity index (χ4n) is 8.23. The van der Waals surface area contributed by atoms with Gasteiger partial charge >= 0.3 is 5.97 Å². The lowest BCUT2D eigenvalue weighted by atomic mass is 9.70. The van der Waals surface area contributed by atoms with E-state index in [-0.39, 0.29) is 48.7 Å². The van der Waals surface area contributed by atoms with Crippen LogP contribution in [0, 0.1) is 31.6 Å². The molecule has 1 spiro atoms. The molecule has 10 nitrogen and oxygen atoms in total. The molecule has 2 N–H and O–H groups in total. The molecular weight excluding hydrogens is 714 g/mol. The van der Waals surface area contributed by atoms with Gasteiger partial charge in [0, 0.05) is 23.5 Å². The minimum atomic E-state index is -1.37. The van der Waals surface area contributed by atoms with E-state index in [1.807, 2.05) is 76.2 Å². The van der Waals surface area contributed by atoms with Crippen molar-refractivity contribution >= 4 is 45.3 Å². The molecule has 51 heavy (non-hydrogen) atoms. The molecule has 3 aliphatic heterocycles. The molecule has 3 fully saturated rings. The predicted octanol–water partition coefficient (Wildman–Crippen LogP) is 5.34. The van der Waals surface area contributed by atoms with Crippen LogP contribution in [0.5, 0.6) is 0 Å². The van der Waals surface area contributed by atoms with Crippen molar-refractivity contribution in [1.29, 1.82) is 0 Å². The van der Waals surface area contributed by atoms with Gasteiger partial charge in [-0.1, -0.05) is 96.9 Å². The number of halogens is 1. The Hall–Kier alpha value is -3.80. The van der Waals surface area contributed by atoms with Crippen LogP contribution >= 0.6 is 15.9 Å². The van der Waals surface area contributed by atoms with Gasteiger partial charge in [0.15, 0.2) is 0 Å². The van der Waals surface area contributed by atoms with Crippen LogP contribution in [0.4, 0.5) is 5.69 Å². The number of para-hydroxylation sites is 1. The Balaban J connectivity index is 1.56. The average Bonchev–Trinajstić information content (AvgIpc) is 3.72.